The van der Waals surface area contributed by atoms with Crippen molar-refractivity contribution in [3.05, 3.63) is 34.9 Å². The molecule has 0 aliphatic heterocycles. The Kier molecular flexibility index (Phi) is 4.77. The molecule has 4 heteroatoms. The lowest BCUT2D eigenvalue weighted by atomic mass is 10.1. The van der Waals surface area contributed by atoms with Crippen LogP contribution in [0.3, 0.4) is 0 Å². The van der Waals surface area contributed by atoms with Gasteiger partial charge in [0.05, 0.1) is 12.1 Å². The molecule has 1 rings (SSSR count). The molecule has 0 aliphatic rings. The van der Waals surface area contributed by atoms with Crippen LogP contribution in [0.15, 0.2) is 24.3 Å². The van der Waals surface area contributed by atoms with Crippen molar-refractivity contribution in [1.82, 2.24) is 10.6 Å². The zero-order valence-corrected chi connectivity index (χ0v) is 10.5. The SMILES string of the molecule is CNC(C)C(=O)NC(C)c1ccccc1Cl. The molecule has 1 amide bonds. The van der Waals surface area contributed by atoms with Crippen molar-refractivity contribution in [3.63, 3.8) is 0 Å². The predicted octanol–water partition coefficient (Wildman–Crippen LogP) is 2.13. The standard InChI is InChI=1S/C12H17ClN2O/c1-8(15-12(16)9(2)14-3)10-6-4-5-7-11(10)13/h4-9,14H,1-3H3,(H,15,16). The maximum Gasteiger partial charge on any atom is 0.237 e. The van der Waals surface area contributed by atoms with E-state index >= 15 is 0 Å². The van der Waals surface area contributed by atoms with Gasteiger partial charge in [-0.15, -0.1) is 0 Å². The maximum atomic E-state index is 11.7. The monoisotopic (exact) mass is 240 g/mol. The number of carbonyl (C=O) groups excluding carboxylic acids is 1. The second kappa shape index (κ2) is 5.87. The third-order valence-electron chi connectivity index (χ3n) is 2.56. The minimum Gasteiger partial charge on any atom is -0.348 e. The van der Waals surface area contributed by atoms with Gasteiger partial charge in [0.25, 0.3) is 0 Å². The van der Waals surface area contributed by atoms with Crippen LogP contribution in [0.4, 0.5) is 0 Å². The largest absolute Gasteiger partial charge is 0.348 e. The van der Waals surface area contributed by atoms with Gasteiger partial charge in [-0.2, -0.15) is 0 Å². The molecule has 1 aromatic carbocycles. The van der Waals surface area contributed by atoms with Crippen molar-refractivity contribution in [2.45, 2.75) is 25.9 Å². The fourth-order valence-corrected chi connectivity index (χ4v) is 1.67. The highest BCUT2D eigenvalue weighted by molar-refractivity contribution is 6.31. The Bertz CT molecular complexity index is 368. The highest BCUT2D eigenvalue weighted by atomic mass is 35.5. The number of nitrogens with one attached hydrogen (secondary N) is 2. The van der Waals surface area contributed by atoms with Crippen LogP contribution in [-0.4, -0.2) is 19.0 Å². The first-order chi connectivity index (χ1) is 7.56. The van der Waals surface area contributed by atoms with Gasteiger partial charge in [0.2, 0.25) is 5.91 Å². The topological polar surface area (TPSA) is 41.1 Å². The molecule has 0 aliphatic carbocycles. The first-order valence-corrected chi connectivity index (χ1v) is 5.66. The van der Waals surface area contributed by atoms with Crippen molar-refractivity contribution in [1.29, 1.82) is 0 Å². The summed E-state index contributed by atoms with van der Waals surface area (Å²) in [5.74, 6) is -0.0325. The average Bonchev–Trinajstić information content (AvgIpc) is 2.28. The van der Waals surface area contributed by atoms with Crippen molar-refractivity contribution in [3.8, 4) is 0 Å². The third-order valence-corrected chi connectivity index (χ3v) is 2.90. The van der Waals surface area contributed by atoms with Crippen molar-refractivity contribution < 1.29 is 4.79 Å². The van der Waals surface area contributed by atoms with Gasteiger partial charge in [-0.1, -0.05) is 29.8 Å². The number of carbonyl (C=O) groups is 1. The summed E-state index contributed by atoms with van der Waals surface area (Å²) in [6.45, 7) is 3.73. The van der Waals surface area contributed by atoms with E-state index in [2.05, 4.69) is 10.6 Å². The minimum atomic E-state index is -0.204. The molecular weight excluding hydrogens is 224 g/mol. The molecule has 0 aromatic heterocycles. The van der Waals surface area contributed by atoms with Crippen LogP contribution in [0.1, 0.15) is 25.5 Å². The Labute approximate surface area is 101 Å². The summed E-state index contributed by atoms with van der Waals surface area (Å²) < 4.78 is 0. The van der Waals surface area contributed by atoms with Crippen LogP contribution < -0.4 is 10.6 Å². The zero-order valence-electron chi connectivity index (χ0n) is 9.75. The minimum absolute atomic E-state index is 0.0325. The van der Waals surface area contributed by atoms with Crippen molar-refractivity contribution in [2.24, 2.45) is 0 Å². The number of amides is 1. The predicted molar refractivity (Wildman–Crippen MR) is 66.5 cm³/mol. The van der Waals surface area contributed by atoms with Gasteiger partial charge in [-0.3, -0.25) is 4.79 Å². The van der Waals surface area contributed by atoms with Crippen molar-refractivity contribution in [2.75, 3.05) is 7.05 Å². The van der Waals surface area contributed by atoms with Gasteiger partial charge in [0.15, 0.2) is 0 Å². The van der Waals surface area contributed by atoms with E-state index < -0.39 is 0 Å². The molecule has 2 unspecified atom stereocenters. The van der Waals surface area contributed by atoms with Gasteiger partial charge in [0, 0.05) is 5.02 Å². The number of hydrogen-bond donors (Lipinski definition) is 2. The van der Waals surface area contributed by atoms with Gasteiger partial charge in [-0.05, 0) is 32.5 Å². The first kappa shape index (κ1) is 13.0. The zero-order chi connectivity index (χ0) is 12.1. The lowest BCUT2D eigenvalue weighted by molar-refractivity contribution is -0.123. The molecular formula is C12H17ClN2O. The molecule has 0 heterocycles. The molecule has 0 fully saturated rings. The van der Waals surface area contributed by atoms with Crippen molar-refractivity contribution >= 4 is 17.5 Å². The van der Waals surface area contributed by atoms with E-state index in [0.717, 1.165) is 5.56 Å². The molecule has 0 saturated carbocycles. The molecule has 0 saturated heterocycles. The maximum absolute atomic E-state index is 11.7. The smallest absolute Gasteiger partial charge is 0.237 e. The lowest BCUT2D eigenvalue weighted by Gasteiger charge is -2.18. The Morgan fingerprint density at radius 2 is 1.94 bits per heavy atom. The average molecular weight is 241 g/mol. The number of rotatable bonds is 4. The van der Waals surface area contributed by atoms with Crippen LogP contribution in [0.25, 0.3) is 0 Å². The summed E-state index contributed by atoms with van der Waals surface area (Å²) in [4.78, 5) is 11.7. The van der Waals surface area contributed by atoms with Gasteiger partial charge in [-0.25, -0.2) is 0 Å². The first-order valence-electron chi connectivity index (χ1n) is 5.28. The van der Waals surface area contributed by atoms with E-state index in [0.29, 0.717) is 5.02 Å². The van der Waals surface area contributed by atoms with Crippen LogP contribution >= 0.6 is 11.6 Å². The molecule has 2 N–H and O–H groups in total. The highest BCUT2D eigenvalue weighted by Crippen LogP contribution is 2.21. The molecule has 0 bridgehead atoms. The number of likely N-dealkylation sites (N-methyl/N-ethyl adjacent to an activating group) is 1. The van der Waals surface area contributed by atoms with Gasteiger partial charge >= 0.3 is 0 Å². The fraction of sp³-hybridized carbons (Fsp3) is 0.417. The summed E-state index contributed by atoms with van der Waals surface area (Å²) in [5, 5.41) is 6.47. The number of benzene rings is 1. The van der Waals surface area contributed by atoms with Gasteiger partial charge in [0.1, 0.15) is 0 Å². The van der Waals surface area contributed by atoms with E-state index in [4.69, 9.17) is 11.6 Å². The normalized spacial score (nSPS) is 14.2. The van der Waals surface area contributed by atoms with Crippen LogP contribution in [-0.2, 0) is 4.79 Å². The molecule has 2 atom stereocenters. The molecule has 0 spiro atoms. The van der Waals surface area contributed by atoms with Gasteiger partial charge < -0.3 is 10.6 Å². The summed E-state index contributed by atoms with van der Waals surface area (Å²) >= 11 is 6.05. The molecule has 0 radical (unpaired) electrons. The summed E-state index contributed by atoms with van der Waals surface area (Å²) in [6, 6.07) is 7.22. The molecule has 16 heavy (non-hydrogen) atoms. The lowest BCUT2D eigenvalue weighted by Crippen LogP contribution is -2.41. The van der Waals surface area contributed by atoms with Crippen LogP contribution in [0.2, 0.25) is 5.02 Å². The quantitative estimate of drug-likeness (QED) is 0.847. The van der Waals surface area contributed by atoms with E-state index in [9.17, 15) is 4.79 Å². The van der Waals surface area contributed by atoms with E-state index in [1.165, 1.54) is 0 Å². The Morgan fingerprint density at radius 3 is 2.50 bits per heavy atom. The van der Waals surface area contributed by atoms with E-state index in [1.807, 2.05) is 38.1 Å². The number of hydrogen-bond acceptors (Lipinski definition) is 2. The number of halogens is 1. The van der Waals surface area contributed by atoms with E-state index in [-0.39, 0.29) is 18.0 Å². The van der Waals surface area contributed by atoms with E-state index in [1.54, 1.807) is 7.05 Å². The third kappa shape index (κ3) is 3.22. The van der Waals surface area contributed by atoms with Crippen LogP contribution in [0.5, 0.6) is 0 Å². The Balaban J connectivity index is 2.69. The summed E-state index contributed by atoms with van der Waals surface area (Å²) in [7, 11) is 1.75. The highest BCUT2D eigenvalue weighted by Gasteiger charge is 2.15. The summed E-state index contributed by atoms with van der Waals surface area (Å²) in [6.07, 6.45) is 0. The molecule has 3 nitrogen and oxygen atoms in total. The Morgan fingerprint density at radius 1 is 1.31 bits per heavy atom. The second-order valence-electron chi connectivity index (χ2n) is 3.76. The van der Waals surface area contributed by atoms with Crippen LogP contribution in [0, 0.1) is 0 Å². The second-order valence-corrected chi connectivity index (χ2v) is 4.17. The molecule has 1 aromatic rings. The Hall–Kier alpha value is -1.06. The fourth-order valence-electron chi connectivity index (χ4n) is 1.37. The molecule has 88 valence electrons. The summed E-state index contributed by atoms with van der Waals surface area (Å²) in [5.41, 5.74) is 0.931.